The maximum atomic E-state index is 14.4. The smallest absolute Gasteiger partial charge is 0.205 e. The second-order valence-electron chi connectivity index (χ2n) is 4.98. The molecule has 0 saturated carbocycles. The topological polar surface area (TPSA) is 12.9 Å². The third-order valence-electron chi connectivity index (χ3n) is 2.68. The van der Waals surface area contributed by atoms with Crippen LogP contribution in [0.3, 0.4) is 0 Å². The normalized spacial score (nSPS) is 11.6. The van der Waals surface area contributed by atoms with Gasteiger partial charge in [-0.2, -0.15) is 4.39 Å². The van der Waals surface area contributed by atoms with Crippen molar-refractivity contribution < 1.29 is 8.78 Å². The molecule has 1 heterocycles. The standard InChI is InChI=1S/C14H15F2N2/c1-18(2,3)14-11(15)8-7-10(13(14)16)12-6-4-5-9-17-12/h4-9H,1-3H3/q+1. The average molecular weight is 249 g/mol. The predicted octanol–water partition coefficient (Wildman–Crippen LogP) is 3.22. The third-order valence-corrected chi connectivity index (χ3v) is 2.68. The van der Waals surface area contributed by atoms with Gasteiger partial charge in [-0.3, -0.25) is 9.47 Å². The van der Waals surface area contributed by atoms with Crippen molar-refractivity contribution in [2.75, 3.05) is 21.1 Å². The van der Waals surface area contributed by atoms with E-state index in [0.29, 0.717) is 11.3 Å². The van der Waals surface area contributed by atoms with Crippen LogP contribution in [0.5, 0.6) is 0 Å². The van der Waals surface area contributed by atoms with Crippen molar-refractivity contribution in [3.63, 3.8) is 0 Å². The molecular formula is C14H15F2N2+. The first-order valence-corrected chi connectivity index (χ1v) is 5.62. The fourth-order valence-corrected chi connectivity index (χ4v) is 1.88. The Hall–Kier alpha value is -1.81. The molecule has 2 aromatic rings. The average Bonchev–Trinajstić information content (AvgIpc) is 2.28. The number of hydrogen-bond acceptors (Lipinski definition) is 1. The van der Waals surface area contributed by atoms with Gasteiger partial charge in [-0.25, -0.2) is 4.39 Å². The summed E-state index contributed by atoms with van der Waals surface area (Å²) in [5, 5.41) is 0. The summed E-state index contributed by atoms with van der Waals surface area (Å²) in [6.07, 6.45) is 1.59. The Morgan fingerprint density at radius 3 is 2.28 bits per heavy atom. The van der Waals surface area contributed by atoms with Crippen molar-refractivity contribution in [2.45, 2.75) is 0 Å². The van der Waals surface area contributed by atoms with E-state index in [-0.39, 0.29) is 10.2 Å². The minimum atomic E-state index is -0.554. The van der Waals surface area contributed by atoms with Gasteiger partial charge in [0.15, 0.2) is 11.6 Å². The van der Waals surface area contributed by atoms with Gasteiger partial charge in [-0.05, 0) is 24.3 Å². The van der Waals surface area contributed by atoms with Gasteiger partial charge in [-0.1, -0.05) is 6.07 Å². The molecule has 0 bridgehead atoms. The van der Waals surface area contributed by atoms with Gasteiger partial charge < -0.3 is 0 Å². The van der Waals surface area contributed by atoms with Crippen LogP contribution in [-0.4, -0.2) is 26.1 Å². The van der Waals surface area contributed by atoms with Crippen LogP contribution in [0.4, 0.5) is 14.5 Å². The van der Waals surface area contributed by atoms with Crippen molar-refractivity contribution in [2.24, 2.45) is 0 Å². The summed E-state index contributed by atoms with van der Waals surface area (Å²) in [6, 6.07) is 7.94. The molecule has 18 heavy (non-hydrogen) atoms. The summed E-state index contributed by atoms with van der Waals surface area (Å²) >= 11 is 0. The van der Waals surface area contributed by atoms with E-state index in [1.165, 1.54) is 12.1 Å². The van der Waals surface area contributed by atoms with Crippen molar-refractivity contribution in [3.8, 4) is 11.3 Å². The van der Waals surface area contributed by atoms with E-state index in [1.807, 2.05) is 0 Å². The molecule has 0 unspecified atom stereocenters. The van der Waals surface area contributed by atoms with E-state index >= 15 is 0 Å². The lowest BCUT2D eigenvalue weighted by Gasteiger charge is -2.25. The zero-order valence-electron chi connectivity index (χ0n) is 10.6. The minimum absolute atomic E-state index is 0.0400. The Balaban J connectivity index is 2.66. The fraction of sp³-hybridized carbons (Fsp3) is 0.214. The lowest BCUT2D eigenvalue weighted by atomic mass is 10.1. The molecule has 1 aromatic carbocycles. The molecule has 0 aliphatic heterocycles. The lowest BCUT2D eigenvalue weighted by Crippen LogP contribution is -2.36. The second-order valence-corrected chi connectivity index (χ2v) is 4.98. The molecule has 0 aliphatic rings. The first kappa shape index (κ1) is 12.6. The van der Waals surface area contributed by atoms with Crippen molar-refractivity contribution in [1.29, 1.82) is 0 Å². The number of rotatable bonds is 2. The number of quaternary nitrogens is 1. The van der Waals surface area contributed by atoms with Gasteiger partial charge in [0.05, 0.1) is 26.8 Å². The van der Waals surface area contributed by atoms with Crippen LogP contribution in [-0.2, 0) is 0 Å². The number of pyridine rings is 1. The van der Waals surface area contributed by atoms with Gasteiger partial charge in [0.2, 0.25) is 5.69 Å². The van der Waals surface area contributed by atoms with Crippen LogP contribution in [0, 0.1) is 11.6 Å². The molecule has 2 nitrogen and oxygen atoms in total. The van der Waals surface area contributed by atoms with Gasteiger partial charge in [0.25, 0.3) is 0 Å². The van der Waals surface area contributed by atoms with Gasteiger partial charge >= 0.3 is 0 Å². The van der Waals surface area contributed by atoms with E-state index in [2.05, 4.69) is 4.98 Å². The molecule has 4 heteroatoms. The van der Waals surface area contributed by atoms with Crippen LogP contribution in [0.15, 0.2) is 36.5 Å². The summed E-state index contributed by atoms with van der Waals surface area (Å²) < 4.78 is 28.3. The van der Waals surface area contributed by atoms with Crippen LogP contribution in [0.25, 0.3) is 11.3 Å². The largest absolute Gasteiger partial charge is 0.293 e. The molecule has 0 aliphatic carbocycles. The summed E-state index contributed by atoms with van der Waals surface area (Å²) in [5.74, 6) is -1.10. The highest BCUT2D eigenvalue weighted by atomic mass is 19.1. The predicted molar refractivity (Wildman–Crippen MR) is 69.2 cm³/mol. The maximum absolute atomic E-state index is 14.4. The zero-order chi connectivity index (χ0) is 13.3. The first-order chi connectivity index (χ1) is 8.41. The third kappa shape index (κ3) is 2.24. The van der Waals surface area contributed by atoms with E-state index in [0.717, 1.165) is 0 Å². The Morgan fingerprint density at radius 2 is 1.72 bits per heavy atom. The summed E-state index contributed by atoms with van der Waals surface area (Å²) in [5.41, 5.74) is 0.864. The Labute approximate surface area is 105 Å². The zero-order valence-corrected chi connectivity index (χ0v) is 10.6. The molecule has 0 spiro atoms. The Bertz CT molecular complexity index is 560. The summed E-state index contributed by atoms with van der Waals surface area (Å²) in [4.78, 5) is 4.09. The van der Waals surface area contributed by atoms with Crippen molar-refractivity contribution >= 4 is 5.69 Å². The number of benzene rings is 1. The minimum Gasteiger partial charge on any atom is -0.293 e. The molecule has 0 radical (unpaired) electrons. The van der Waals surface area contributed by atoms with Gasteiger partial charge in [0, 0.05) is 11.8 Å². The van der Waals surface area contributed by atoms with Gasteiger partial charge in [0.1, 0.15) is 0 Å². The number of aromatic nitrogens is 1. The number of hydrogen-bond donors (Lipinski definition) is 0. The fourth-order valence-electron chi connectivity index (χ4n) is 1.88. The Kier molecular flexibility index (Phi) is 3.13. The van der Waals surface area contributed by atoms with Crippen LogP contribution < -0.4 is 4.48 Å². The van der Waals surface area contributed by atoms with E-state index in [1.54, 1.807) is 45.5 Å². The highest BCUT2D eigenvalue weighted by molar-refractivity contribution is 5.66. The Morgan fingerprint density at radius 1 is 1.00 bits per heavy atom. The second kappa shape index (κ2) is 4.46. The molecule has 0 fully saturated rings. The number of halogens is 2. The molecule has 0 atom stereocenters. The molecule has 0 saturated heterocycles. The summed E-state index contributed by atoms with van der Waals surface area (Å²) in [7, 11) is 5.18. The van der Waals surface area contributed by atoms with Crippen LogP contribution >= 0.6 is 0 Å². The lowest BCUT2D eigenvalue weighted by molar-refractivity contribution is 0.431. The maximum Gasteiger partial charge on any atom is 0.205 e. The molecule has 2 rings (SSSR count). The highest BCUT2D eigenvalue weighted by Crippen LogP contribution is 2.32. The first-order valence-electron chi connectivity index (χ1n) is 5.62. The van der Waals surface area contributed by atoms with Crippen molar-refractivity contribution in [3.05, 3.63) is 48.2 Å². The van der Waals surface area contributed by atoms with E-state index in [4.69, 9.17) is 0 Å². The van der Waals surface area contributed by atoms with Crippen LogP contribution in [0.1, 0.15) is 0 Å². The van der Waals surface area contributed by atoms with Crippen molar-refractivity contribution in [1.82, 2.24) is 9.47 Å². The SMILES string of the molecule is C[N+](C)(C)c1c(F)ccc(-c2ccccn2)c1F. The summed E-state index contributed by atoms with van der Waals surface area (Å²) in [6.45, 7) is 0. The molecular weight excluding hydrogens is 234 g/mol. The monoisotopic (exact) mass is 249 g/mol. The van der Waals surface area contributed by atoms with Gasteiger partial charge in [-0.15, -0.1) is 0 Å². The van der Waals surface area contributed by atoms with E-state index < -0.39 is 11.6 Å². The molecule has 0 N–H and O–H groups in total. The molecule has 0 amide bonds. The number of nitrogens with zero attached hydrogens (tertiary/aromatic N) is 2. The highest BCUT2D eigenvalue weighted by Gasteiger charge is 2.26. The van der Waals surface area contributed by atoms with Crippen LogP contribution in [0.2, 0.25) is 0 Å². The molecule has 94 valence electrons. The van der Waals surface area contributed by atoms with E-state index in [9.17, 15) is 8.78 Å². The quantitative estimate of drug-likeness (QED) is 0.745. The molecule has 1 aromatic heterocycles.